The Morgan fingerprint density at radius 3 is 2.68 bits per heavy atom. The zero-order valence-electron chi connectivity index (χ0n) is 17.3. The first kappa shape index (κ1) is 19.6. The van der Waals surface area contributed by atoms with E-state index in [1.54, 1.807) is 23.9 Å². The number of nitrogens with zero attached hydrogens (tertiary/aromatic N) is 4. The van der Waals surface area contributed by atoms with Crippen molar-refractivity contribution in [3.05, 3.63) is 65.9 Å². The van der Waals surface area contributed by atoms with Gasteiger partial charge in [-0.05, 0) is 43.0 Å². The number of rotatable bonds is 4. The second kappa shape index (κ2) is 8.43. The predicted molar refractivity (Wildman–Crippen MR) is 125 cm³/mol. The third kappa shape index (κ3) is 4.01. The minimum absolute atomic E-state index is 0.0213. The zero-order chi connectivity index (χ0) is 21.2. The van der Waals surface area contributed by atoms with E-state index in [9.17, 15) is 4.79 Å². The maximum atomic E-state index is 12.7. The predicted octanol–water partition coefficient (Wildman–Crippen LogP) is 4.92. The van der Waals surface area contributed by atoms with E-state index < -0.39 is 0 Å². The SMILES string of the molecule is Cc1ccnc(NC(=O)C2CCN(c3ncnc4scc(-c5ccccc5)c34)CC2)c1. The minimum Gasteiger partial charge on any atom is -0.356 e. The molecule has 1 aliphatic heterocycles. The summed E-state index contributed by atoms with van der Waals surface area (Å²) in [6, 6.07) is 14.2. The van der Waals surface area contributed by atoms with Crippen LogP contribution >= 0.6 is 11.3 Å². The first-order valence-corrected chi connectivity index (χ1v) is 11.3. The standard InChI is InChI=1S/C24H23N5OS/c1-16-7-10-25-20(13-16)28-23(30)18-8-11-29(12-9-18)22-21-19(17-5-3-2-4-6-17)14-31-24(21)27-15-26-22/h2-7,10,13-15,18H,8-9,11-12H2,1H3,(H,25,28,30). The average Bonchev–Trinajstić information content (AvgIpc) is 3.24. The Labute approximate surface area is 185 Å². The number of hydrogen-bond acceptors (Lipinski definition) is 6. The summed E-state index contributed by atoms with van der Waals surface area (Å²) >= 11 is 1.65. The van der Waals surface area contributed by atoms with Crippen molar-refractivity contribution in [1.82, 2.24) is 15.0 Å². The molecule has 6 nitrogen and oxygen atoms in total. The van der Waals surface area contributed by atoms with E-state index in [1.807, 2.05) is 25.1 Å². The van der Waals surface area contributed by atoms with Gasteiger partial charge in [-0.25, -0.2) is 15.0 Å². The molecule has 0 saturated carbocycles. The summed E-state index contributed by atoms with van der Waals surface area (Å²) in [6.45, 7) is 3.57. The van der Waals surface area contributed by atoms with Crippen LogP contribution in [0.15, 0.2) is 60.4 Å². The molecular weight excluding hydrogens is 406 g/mol. The monoisotopic (exact) mass is 429 g/mol. The van der Waals surface area contributed by atoms with Gasteiger partial charge in [-0.1, -0.05) is 30.3 Å². The van der Waals surface area contributed by atoms with Crippen LogP contribution in [0.25, 0.3) is 21.3 Å². The molecule has 1 N–H and O–H groups in total. The topological polar surface area (TPSA) is 71.0 Å². The summed E-state index contributed by atoms with van der Waals surface area (Å²) in [5, 5.41) is 6.23. The molecule has 1 saturated heterocycles. The van der Waals surface area contributed by atoms with Gasteiger partial charge in [0.15, 0.2) is 0 Å². The molecule has 0 atom stereocenters. The van der Waals surface area contributed by atoms with Gasteiger partial charge in [0, 0.05) is 36.1 Å². The van der Waals surface area contributed by atoms with Crippen molar-refractivity contribution < 1.29 is 4.79 Å². The summed E-state index contributed by atoms with van der Waals surface area (Å²) in [6.07, 6.45) is 4.94. The number of anilines is 2. The lowest BCUT2D eigenvalue weighted by molar-refractivity contribution is -0.120. The van der Waals surface area contributed by atoms with Crippen LogP contribution in [0.3, 0.4) is 0 Å². The van der Waals surface area contributed by atoms with Crippen molar-refractivity contribution in [3.8, 4) is 11.1 Å². The molecule has 7 heteroatoms. The Morgan fingerprint density at radius 1 is 1.10 bits per heavy atom. The fourth-order valence-corrected chi connectivity index (χ4v) is 5.03. The lowest BCUT2D eigenvalue weighted by Crippen LogP contribution is -2.38. The Morgan fingerprint density at radius 2 is 1.90 bits per heavy atom. The van der Waals surface area contributed by atoms with Crippen molar-refractivity contribution in [1.29, 1.82) is 0 Å². The number of fused-ring (bicyclic) bond motifs is 1. The fraction of sp³-hybridized carbons (Fsp3) is 0.250. The number of nitrogens with one attached hydrogen (secondary N) is 1. The van der Waals surface area contributed by atoms with E-state index in [4.69, 9.17) is 0 Å². The van der Waals surface area contributed by atoms with Gasteiger partial charge in [-0.3, -0.25) is 4.79 Å². The van der Waals surface area contributed by atoms with Gasteiger partial charge in [-0.2, -0.15) is 0 Å². The second-order valence-electron chi connectivity index (χ2n) is 7.86. The molecule has 156 valence electrons. The highest BCUT2D eigenvalue weighted by molar-refractivity contribution is 7.17. The molecule has 1 amide bonds. The summed E-state index contributed by atoms with van der Waals surface area (Å²) < 4.78 is 0. The highest BCUT2D eigenvalue weighted by Gasteiger charge is 2.27. The Balaban J connectivity index is 1.34. The summed E-state index contributed by atoms with van der Waals surface area (Å²) in [5.74, 6) is 1.61. The zero-order valence-corrected chi connectivity index (χ0v) is 18.1. The van der Waals surface area contributed by atoms with Gasteiger partial charge in [0.25, 0.3) is 0 Å². The van der Waals surface area contributed by atoms with E-state index >= 15 is 0 Å². The van der Waals surface area contributed by atoms with E-state index in [-0.39, 0.29) is 11.8 Å². The molecular formula is C24H23N5OS. The molecule has 1 aliphatic rings. The van der Waals surface area contributed by atoms with E-state index in [2.05, 4.69) is 54.8 Å². The molecule has 0 bridgehead atoms. The normalized spacial score (nSPS) is 14.7. The molecule has 31 heavy (non-hydrogen) atoms. The van der Waals surface area contributed by atoms with Gasteiger partial charge < -0.3 is 10.2 Å². The molecule has 0 radical (unpaired) electrons. The van der Waals surface area contributed by atoms with Crippen LogP contribution in [0.4, 0.5) is 11.6 Å². The molecule has 0 spiro atoms. The van der Waals surface area contributed by atoms with Crippen LogP contribution in [0.2, 0.25) is 0 Å². The van der Waals surface area contributed by atoms with Gasteiger partial charge in [-0.15, -0.1) is 11.3 Å². The number of piperidine rings is 1. The van der Waals surface area contributed by atoms with Crippen LogP contribution in [0.5, 0.6) is 0 Å². The van der Waals surface area contributed by atoms with Crippen LogP contribution in [0, 0.1) is 12.8 Å². The number of carbonyl (C=O) groups excluding carboxylic acids is 1. The van der Waals surface area contributed by atoms with Gasteiger partial charge in [0.1, 0.15) is 22.8 Å². The third-order valence-corrected chi connectivity index (χ3v) is 6.65. The fourth-order valence-electron chi connectivity index (χ4n) is 4.12. The smallest absolute Gasteiger partial charge is 0.228 e. The quantitative estimate of drug-likeness (QED) is 0.499. The molecule has 4 aromatic rings. The highest BCUT2D eigenvalue weighted by atomic mass is 32.1. The number of benzene rings is 1. The van der Waals surface area contributed by atoms with E-state index in [1.165, 1.54) is 11.1 Å². The highest BCUT2D eigenvalue weighted by Crippen LogP contribution is 2.38. The number of hydrogen-bond donors (Lipinski definition) is 1. The second-order valence-corrected chi connectivity index (χ2v) is 8.72. The van der Waals surface area contributed by atoms with E-state index in [0.29, 0.717) is 5.82 Å². The molecule has 1 fully saturated rings. The number of aromatic nitrogens is 3. The molecule has 3 aromatic heterocycles. The first-order chi connectivity index (χ1) is 15.2. The van der Waals surface area contributed by atoms with Crippen molar-refractivity contribution in [2.24, 2.45) is 5.92 Å². The van der Waals surface area contributed by atoms with Crippen molar-refractivity contribution in [2.45, 2.75) is 19.8 Å². The summed E-state index contributed by atoms with van der Waals surface area (Å²) in [5.41, 5.74) is 3.42. The number of pyridine rings is 1. The first-order valence-electron chi connectivity index (χ1n) is 10.4. The maximum absolute atomic E-state index is 12.7. The number of amides is 1. The largest absolute Gasteiger partial charge is 0.356 e. The molecule has 0 aliphatic carbocycles. The Kier molecular flexibility index (Phi) is 5.34. The Hall–Kier alpha value is -3.32. The van der Waals surface area contributed by atoms with Crippen molar-refractivity contribution >= 4 is 39.1 Å². The summed E-state index contributed by atoms with van der Waals surface area (Å²) in [4.78, 5) is 29.4. The molecule has 1 aromatic carbocycles. The lowest BCUT2D eigenvalue weighted by Gasteiger charge is -2.32. The third-order valence-electron chi connectivity index (χ3n) is 5.77. The van der Waals surface area contributed by atoms with Crippen molar-refractivity contribution in [2.75, 3.05) is 23.3 Å². The van der Waals surface area contributed by atoms with Gasteiger partial charge in [0.05, 0.1) is 5.39 Å². The molecule has 0 unspecified atom stereocenters. The van der Waals surface area contributed by atoms with Gasteiger partial charge >= 0.3 is 0 Å². The lowest BCUT2D eigenvalue weighted by atomic mass is 9.95. The van der Waals surface area contributed by atoms with E-state index in [0.717, 1.165) is 47.5 Å². The number of thiophene rings is 1. The van der Waals surface area contributed by atoms with Crippen LogP contribution < -0.4 is 10.2 Å². The van der Waals surface area contributed by atoms with Crippen LogP contribution in [-0.2, 0) is 4.79 Å². The molecule has 5 rings (SSSR count). The average molecular weight is 430 g/mol. The van der Waals surface area contributed by atoms with Crippen LogP contribution in [-0.4, -0.2) is 33.9 Å². The van der Waals surface area contributed by atoms with Gasteiger partial charge in [0.2, 0.25) is 5.91 Å². The molecule has 4 heterocycles. The number of aryl methyl sites for hydroxylation is 1. The summed E-state index contributed by atoms with van der Waals surface area (Å²) in [7, 11) is 0. The van der Waals surface area contributed by atoms with Crippen molar-refractivity contribution in [3.63, 3.8) is 0 Å². The van der Waals surface area contributed by atoms with Crippen LogP contribution in [0.1, 0.15) is 18.4 Å². The maximum Gasteiger partial charge on any atom is 0.228 e. The Bertz CT molecular complexity index is 1220. The number of carbonyl (C=O) groups is 1. The minimum atomic E-state index is -0.0213.